The lowest BCUT2D eigenvalue weighted by Crippen LogP contribution is -2.30. The molecule has 1 saturated heterocycles. The number of hydrogen-bond acceptors (Lipinski definition) is 3. The van der Waals surface area contributed by atoms with Crippen LogP contribution >= 0.6 is 0 Å². The third kappa shape index (κ3) is 8.37. The fourth-order valence-corrected chi connectivity index (χ4v) is 3.08. The average Bonchev–Trinajstić information content (AvgIpc) is 2.96. The zero-order valence-electron chi connectivity index (χ0n) is 15.9. The molecule has 1 rings (SSSR count). The summed E-state index contributed by atoms with van der Waals surface area (Å²) in [6.07, 6.45) is 15.5. The molecule has 4 heteroatoms. The van der Waals surface area contributed by atoms with Crippen LogP contribution in [0.4, 0.5) is 0 Å². The minimum atomic E-state index is -0.478. The Kier molecular flexibility index (Phi) is 10.9. The maximum Gasteiger partial charge on any atom is 0.358 e. The van der Waals surface area contributed by atoms with Crippen LogP contribution < -0.4 is 0 Å². The van der Waals surface area contributed by atoms with Gasteiger partial charge < -0.3 is 4.84 Å². The van der Waals surface area contributed by atoms with Crippen LogP contribution in [-0.2, 0) is 14.4 Å². The number of unbranched alkanes of at least 4 members (excludes halogenated alkanes) is 9. The van der Waals surface area contributed by atoms with Crippen LogP contribution in [0.1, 0.15) is 84.0 Å². The number of carbonyl (C=O) groups is 2. The third-order valence-corrected chi connectivity index (χ3v) is 4.80. The highest BCUT2D eigenvalue weighted by molar-refractivity contribution is 5.89. The van der Waals surface area contributed by atoms with Gasteiger partial charge in [0.05, 0.1) is 12.5 Å². The molecule has 0 aromatic carbocycles. The normalized spacial score (nSPS) is 16.9. The molecule has 0 aromatic rings. The van der Waals surface area contributed by atoms with Crippen molar-refractivity contribution in [2.75, 3.05) is 6.54 Å². The van der Waals surface area contributed by atoms with Crippen LogP contribution in [0.25, 0.3) is 0 Å². The Labute approximate surface area is 153 Å². The Bertz CT molecular complexity index is 444. The maximum absolute atomic E-state index is 12.0. The van der Waals surface area contributed by atoms with Crippen LogP contribution in [-0.4, -0.2) is 23.5 Å². The van der Waals surface area contributed by atoms with Gasteiger partial charge in [0.2, 0.25) is 0 Å². The van der Waals surface area contributed by atoms with E-state index in [4.69, 9.17) is 4.84 Å². The summed E-state index contributed by atoms with van der Waals surface area (Å²) >= 11 is 0. The number of hydroxylamine groups is 2. The minimum absolute atomic E-state index is 0.185. The third-order valence-electron chi connectivity index (χ3n) is 4.80. The fraction of sp³-hybridized carbons (Fsp3) is 0.714. The molecule has 0 saturated carbocycles. The van der Waals surface area contributed by atoms with Crippen molar-refractivity contribution < 1.29 is 14.4 Å². The molecule has 0 radical (unpaired) electrons. The molecule has 25 heavy (non-hydrogen) atoms. The average molecular weight is 350 g/mol. The topological polar surface area (TPSA) is 46.6 Å². The standard InChI is InChI=1S/C21H35NO3/c1-4-6-7-8-9-10-11-12-13-14-15-18(3)21(24)25-22-17-16-19(5-2)20(22)23/h5,19H,2-4,6-17H2,1H3. The van der Waals surface area contributed by atoms with Crippen LogP contribution in [0, 0.1) is 5.92 Å². The van der Waals surface area contributed by atoms with Gasteiger partial charge in [0.1, 0.15) is 0 Å². The second kappa shape index (κ2) is 12.7. The van der Waals surface area contributed by atoms with Gasteiger partial charge in [-0.3, -0.25) is 4.79 Å². The molecule has 0 spiro atoms. The summed E-state index contributed by atoms with van der Waals surface area (Å²) < 4.78 is 0. The van der Waals surface area contributed by atoms with Gasteiger partial charge in [-0.1, -0.05) is 77.4 Å². The van der Waals surface area contributed by atoms with E-state index in [2.05, 4.69) is 20.1 Å². The molecule has 1 aliphatic heterocycles. The highest BCUT2D eigenvalue weighted by Crippen LogP contribution is 2.20. The Morgan fingerprint density at radius 1 is 1.12 bits per heavy atom. The number of amides is 1. The lowest BCUT2D eigenvalue weighted by Gasteiger charge is -2.15. The first-order chi connectivity index (χ1) is 12.1. The molecule has 1 fully saturated rings. The molecule has 1 aliphatic rings. The Morgan fingerprint density at radius 2 is 1.68 bits per heavy atom. The monoisotopic (exact) mass is 349 g/mol. The van der Waals surface area contributed by atoms with E-state index in [1.54, 1.807) is 6.08 Å². The van der Waals surface area contributed by atoms with Crippen LogP contribution in [0.3, 0.4) is 0 Å². The zero-order chi connectivity index (χ0) is 18.5. The van der Waals surface area contributed by atoms with E-state index in [0.29, 0.717) is 25.0 Å². The minimum Gasteiger partial charge on any atom is -0.333 e. The largest absolute Gasteiger partial charge is 0.358 e. The highest BCUT2D eigenvalue weighted by Gasteiger charge is 2.32. The lowest BCUT2D eigenvalue weighted by atomic mass is 10.0. The Hall–Kier alpha value is -1.58. The van der Waals surface area contributed by atoms with Crippen molar-refractivity contribution >= 4 is 11.9 Å². The second-order valence-electron chi connectivity index (χ2n) is 6.99. The summed E-state index contributed by atoms with van der Waals surface area (Å²) in [4.78, 5) is 29.0. The summed E-state index contributed by atoms with van der Waals surface area (Å²) in [5, 5.41) is 1.15. The van der Waals surface area contributed by atoms with Crippen LogP contribution in [0.15, 0.2) is 24.8 Å². The van der Waals surface area contributed by atoms with Crippen molar-refractivity contribution in [3.63, 3.8) is 0 Å². The van der Waals surface area contributed by atoms with E-state index in [-0.39, 0.29) is 11.8 Å². The summed E-state index contributed by atoms with van der Waals surface area (Å²) in [7, 11) is 0. The van der Waals surface area contributed by atoms with Crippen LogP contribution in [0.5, 0.6) is 0 Å². The van der Waals surface area contributed by atoms with E-state index in [9.17, 15) is 9.59 Å². The smallest absolute Gasteiger partial charge is 0.333 e. The van der Waals surface area contributed by atoms with Gasteiger partial charge >= 0.3 is 5.97 Å². The SMILES string of the molecule is C=CC1CCN(OC(=O)C(=C)CCCCCCCCCCCC)C1=O. The van der Waals surface area contributed by atoms with Gasteiger partial charge in [-0.2, -0.15) is 5.06 Å². The van der Waals surface area contributed by atoms with Crippen molar-refractivity contribution in [2.24, 2.45) is 5.92 Å². The maximum atomic E-state index is 12.0. The van der Waals surface area contributed by atoms with Crippen molar-refractivity contribution in [3.05, 3.63) is 24.8 Å². The van der Waals surface area contributed by atoms with Gasteiger partial charge in [-0.25, -0.2) is 4.79 Å². The summed E-state index contributed by atoms with van der Waals surface area (Å²) in [5.41, 5.74) is 0.453. The molecule has 1 unspecified atom stereocenters. The number of rotatable bonds is 14. The molecule has 4 nitrogen and oxygen atoms in total. The van der Waals surface area contributed by atoms with Gasteiger partial charge in [0.25, 0.3) is 5.91 Å². The molecule has 0 bridgehead atoms. The fourth-order valence-electron chi connectivity index (χ4n) is 3.08. The van der Waals surface area contributed by atoms with Crippen molar-refractivity contribution in [1.29, 1.82) is 0 Å². The van der Waals surface area contributed by atoms with E-state index in [1.165, 1.54) is 51.4 Å². The second-order valence-corrected chi connectivity index (χ2v) is 6.99. The van der Waals surface area contributed by atoms with E-state index in [0.717, 1.165) is 17.9 Å². The van der Waals surface area contributed by atoms with Gasteiger partial charge in [-0.15, -0.1) is 6.58 Å². The van der Waals surface area contributed by atoms with Crippen molar-refractivity contribution in [3.8, 4) is 0 Å². The van der Waals surface area contributed by atoms with E-state index < -0.39 is 5.97 Å². The molecular formula is C21H35NO3. The lowest BCUT2D eigenvalue weighted by molar-refractivity contribution is -0.189. The van der Waals surface area contributed by atoms with E-state index >= 15 is 0 Å². The predicted octanol–water partition coefficient (Wildman–Crippen LogP) is 5.35. The first-order valence-electron chi connectivity index (χ1n) is 9.94. The van der Waals surface area contributed by atoms with Gasteiger partial charge in [0, 0.05) is 5.57 Å². The first-order valence-corrected chi connectivity index (χ1v) is 9.94. The first kappa shape index (κ1) is 21.5. The van der Waals surface area contributed by atoms with Crippen LogP contribution in [0.2, 0.25) is 0 Å². The molecule has 142 valence electrons. The van der Waals surface area contributed by atoms with Crippen molar-refractivity contribution in [1.82, 2.24) is 5.06 Å². The summed E-state index contributed by atoms with van der Waals surface area (Å²) in [5.74, 6) is -0.896. The molecule has 1 amide bonds. The van der Waals surface area contributed by atoms with Crippen molar-refractivity contribution in [2.45, 2.75) is 84.0 Å². The molecular weight excluding hydrogens is 314 g/mol. The Balaban J connectivity index is 2.03. The number of carbonyl (C=O) groups excluding carboxylic acids is 2. The van der Waals surface area contributed by atoms with Gasteiger partial charge in [0.15, 0.2) is 0 Å². The summed E-state index contributed by atoms with van der Waals surface area (Å²) in [6, 6.07) is 0. The zero-order valence-corrected chi connectivity index (χ0v) is 15.9. The molecule has 0 aromatic heterocycles. The molecule has 0 N–H and O–H groups in total. The number of nitrogens with zero attached hydrogens (tertiary/aromatic N) is 1. The quantitative estimate of drug-likeness (QED) is 0.241. The van der Waals surface area contributed by atoms with Gasteiger partial charge in [-0.05, 0) is 19.3 Å². The van der Waals surface area contributed by atoms with E-state index in [1.807, 2.05) is 0 Å². The number of hydrogen-bond donors (Lipinski definition) is 0. The predicted molar refractivity (Wildman–Crippen MR) is 102 cm³/mol. The summed E-state index contributed by atoms with van der Waals surface area (Å²) in [6.45, 7) is 10.1. The molecule has 0 aliphatic carbocycles. The Morgan fingerprint density at radius 3 is 2.20 bits per heavy atom. The molecule has 1 atom stereocenters. The highest BCUT2D eigenvalue weighted by atomic mass is 16.7. The molecule has 1 heterocycles.